The van der Waals surface area contributed by atoms with Crippen LogP contribution in [-0.4, -0.2) is 36.9 Å². The quantitative estimate of drug-likeness (QED) is 0.477. The van der Waals surface area contributed by atoms with Gasteiger partial charge in [-0.1, -0.05) is 19.1 Å². The second-order valence-corrected chi connectivity index (χ2v) is 4.48. The van der Waals surface area contributed by atoms with Crippen LogP contribution in [0.3, 0.4) is 0 Å². The normalized spacial score (nSPS) is 27.8. The molecule has 1 atom stereocenters. The van der Waals surface area contributed by atoms with Gasteiger partial charge < -0.3 is 4.18 Å². The molecule has 0 aromatic rings. The molecule has 1 unspecified atom stereocenters. The van der Waals surface area contributed by atoms with E-state index in [1.807, 2.05) is 0 Å². The van der Waals surface area contributed by atoms with Gasteiger partial charge >= 0.3 is 0 Å². The fourth-order valence-electron chi connectivity index (χ4n) is 1.43. The lowest BCUT2D eigenvalue weighted by Crippen LogP contribution is -2.30. The highest BCUT2D eigenvalue weighted by Gasteiger charge is 2.13. The molecule has 0 aromatic heterocycles. The lowest BCUT2D eigenvalue weighted by molar-refractivity contribution is 0.176. The van der Waals surface area contributed by atoms with Gasteiger partial charge in [0.15, 0.2) is 0 Å². The molecule has 1 rings (SSSR count). The molecule has 2 nitrogen and oxygen atoms in total. The number of hydrogen-bond donors (Lipinski definition) is 0. The molecule has 0 aromatic carbocycles. The van der Waals surface area contributed by atoms with Gasteiger partial charge in [-0.15, -0.1) is 0 Å². The Balaban J connectivity index is 2.45. The molecule has 1 fully saturated rings. The summed E-state index contributed by atoms with van der Waals surface area (Å²) in [5.41, 5.74) is 1.32. The lowest BCUT2D eigenvalue weighted by atomic mass is 10.2. The predicted molar refractivity (Wildman–Crippen MR) is 58.9 cm³/mol. The fourth-order valence-corrected chi connectivity index (χ4v) is 2.29. The molecule has 1 aliphatic rings. The van der Waals surface area contributed by atoms with Gasteiger partial charge in [0.2, 0.25) is 0 Å². The topological polar surface area (TPSA) is 12.5 Å². The number of hydrogen-bond acceptors (Lipinski definition) is 3. The van der Waals surface area contributed by atoms with Crippen LogP contribution in [0.4, 0.5) is 0 Å². The van der Waals surface area contributed by atoms with E-state index in [0.29, 0.717) is 6.10 Å². The molecule has 0 radical (unpaired) electrons. The first kappa shape index (κ1) is 11.1. The van der Waals surface area contributed by atoms with Crippen LogP contribution < -0.4 is 0 Å². The minimum Gasteiger partial charge on any atom is -0.311 e. The fraction of sp³-hybridized carbons (Fsp3) is 0.800. The average molecular weight is 201 g/mol. The second-order valence-electron chi connectivity index (χ2n) is 3.65. The van der Waals surface area contributed by atoms with Gasteiger partial charge in [0.05, 0.1) is 6.10 Å². The molecule has 0 N–H and O–H groups in total. The molecule has 0 bridgehead atoms. The van der Waals surface area contributed by atoms with Crippen molar-refractivity contribution in [2.75, 3.05) is 25.9 Å². The third-order valence-corrected chi connectivity index (χ3v) is 2.99. The first-order valence-electron chi connectivity index (χ1n) is 4.85. The van der Waals surface area contributed by atoms with Crippen LogP contribution >= 0.6 is 12.0 Å². The molecule has 3 heteroatoms. The van der Waals surface area contributed by atoms with Crippen LogP contribution in [0, 0.1) is 0 Å². The number of likely N-dealkylation sites (N-methyl/N-ethyl adjacent to an activating group) is 1. The Kier molecular flexibility index (Phi) is 4.84. The van der Waals surface area contributed by atoms with Crippen LogP contribution in [-0.2, 0) is 4.18 Å². The SMILES string of the molecule is C=C1CCSOC(CC)CN(C)C1. The smallest absolute Gasteiger partial charge is 0.0846 e. The van der Waals surface area contributed by atoms with Crippen molar-refractivity contribution in [2.24, 2.45) is 0 Å². The summed E-state index contributed by atoms with van der Waals surface area (Å²) in [7, 11) is 2.13. The molecule has 13 heavy (non-hydrogen) atoms. The Hall–Kier alpha value is 0.01000. The molecular formula is C10H19NOS. The van der Waals surface area contributed by atoms with Gasteiger partial charge in [0.1, 0.15) is 0 Å². The molecule has 1 aliphatic heterocycles. The standard InChI is InChI=1S/C10H19NOS/c1-4-10-8-11(3)7-9(2)5-6-13-12-10/h10H,2,4-8H2,1,3H3. The molecule has 1 heterocycles. The Morgan fingerprint density at radius 1 is 1.69 bits per heavy atom. The summed E-state index contributed by atoms with van der Waals surface area (Å²) in [6.45, 7) is 8.25. The van der Waals surface area contributed by atoms with E-state index in [1.165, 1.54) is 5.57 Å². The van der Waals surface area contributed by atoms with Crippen molar-refractivity contribution < 1.29 is 4.18 Å². The van der Waals surface area contributed by atoms with E-state index >= 15 is 0 Å². The summed E-state index contributed by atoms with van der Waals surface area (Å²) in [6.07, 6.45) is 2.54. The highest BCUT2D eigenvalue weighted by atomic mass is 32.2. The van der Waals surface area contributed by atoms with Gasteiger partial charge in [0.25, 0.3) is 0 Å². The third-order valence-electron chi connectivity index (χ3n) is 2.21. The number of nitrogens with zero attached hydrogens (tertiary/aromatic N) is 1. The van der Waals surface area contributed by atoms with Crippen LogP contribution in [0.1, 0.15) is 19.8 Å². The highest BCUT2D eigenvalue weighted by Crippen LogP contribution is 2.17. The average Bonchev–Trinajstić information content (AvgIpc) is 2.16. The maximum Gasteiger partial charge on any atom is 0.0846 e. The van der Waals surface area contributed by atoms with Crippen molar-refractivity contribution >= 4 is 12.0 Å². The van der Waals surface area contributed by atoms with Crippen LogP contribution in [0.15, 0.2) is 12.2 Å². The van der Waals surface area contributed by atoms with Crippen LogP contribution in [0.25, 0.3) is 0 Å². The first-order chi connectivity index (χ1) is 6.22. The lowest BCUT2D eigenvalue weighted by Gasteiger charge is -2.21. The van der Waals surface area contributed by atoms with E-state index in [2.05, 4.69) is 25.5 Å². The van der Waals surface area contributed by atoms with E-state index < -0.39 is 0 Å². The van der Waals surface area contributed by atoms with E-state index in [1.54, 1.807) is 12.0 Å². The maximum absolute atomic E-state index is 5.66. The molecule has 0 aliphatic carbocycles. The molecule has 76 valence electrons. The Morgan fingerprint density at radius 2 is 2.46 bits per heavy atom. The summed E-state index contributed by atoms with van der Waals surface area (Å²) >= 11 is 1.59. The monoisotopic (exact) mass is 201 g/mol. The Labute approximate surface area is 85.5 Å². The summed E-state index contributed by atoms with van der Waals surface area (Å²) in [5, 5.41) is 0. The van der Waals surface area contributed by atoms with Crippen LogP contribution in [0.5, 0.6) is 0 Å². The van der Waals surface area contributed by atoms with Gasteiger partial charge in [-0.25, -0.2) is 0 Å². The molecule has 0 saturated carbocycles. The van der Waals surface area contributed by atoms with Gasteiger partial charge in [0, 0.05) is 18.8 Å². The van der Waals surface area contributed by atoms with Gasteiger partial charge in [-0.3, -0.25) is 4.90 Å². The summed E-state index contributed by atoms with van der Waals surface area (Å²) in [6, 6.07) is 0. The highest BCUT2D eigenvalue weighted by molar-refractivity contribution is 7.94. The largest absolute Gasteiger partial charge is 0.311 e. The van der Waals surface area contributed by atoms with Gasteiger partial charge in [-0.05, 0) is 31.9 Å². The van der Waals surface area contributed by atoms with Crippen molar-refractivity contribution in [1.82, 2.24) is 4.90 Å². The zero-order chi connectivity index (χ0) is 9.68. The van der Waals surface area contributed by atoms with E-state index in [-0.39, 0.29) is 0 Å². The summed E-state index contributed by atoms with van der Waals surface area (Å²) in [4.78, 5) is 2.29. The molecule has 0 spiro atoms. The first-order valence-corrected chi connectivity index (χ1v) is 5.77. The Bertz CT molecular complexity index is 172. The van der Waals surface area contributed by atoms with E-state index in [4.69, 9.17) is 4.18 Å². The maximum atomic E-state index is 5.66. The second kappa shape index (κ2) is 5.68. The molecular weight excluding hydrogens is 182 g/mol. The van der Waals surface area contributed by atoms with Crippen molar-refractivity contribution in [3.05, 3.63) is 12.2 Å². The van der Waals surface area contributed by atoms with Crippen molar-refractivity contribution in [3.8, 4) is 0 Å². The van der Waals surface area contributed by atoms with Crippen molar-refractivity contribution in [1.29, 1.82) is 0 Å². The zero-order valence-corrected chi connectivity index (χ0v) is 9.40. The van der Waals surface area contributed by atoms with Crippen LogP contribution in [0.2, 0.25) is 0 Å². The minimum atomic E-state index is 0.376. The summed E-state index contributed by atoms with van der Waals surface area (Å²) in [5.74, 6) is 1.04. The van der Waals surface area contributed by atoms with E-state index in [9.17, 15) is 0 Å². The molecule has 0 amide bonds. The zero-order valence-electron chi connectivity index (χ0n) is 8.58. The summed E-state index contributed by atoms with van der Waals surface area (Å²) < 4.78 is 5.66. The van der Waals surface area contributed by atoms with Gasteiger partial charge in [-0.2, -0.15) is 0 Å². The minimum absolute atomic E-state index is 0.376. The number of rotatable bonds is 1. The molecule has 1 saturated heterocycles. The van der Waals surface area contributed by atoms with E-state index in [0.717, 1.165) is 31.7 Å². The Morgan fingerprint density at radius 3 is 3.15 bits per heavy atom. The van der Waals surface area contributed by atoms with Crippen molar-refractivity contribution in [2.45, 2.75) is 25.9 Å². The predicted octanol–water partition coefficient (Wildman–Crippen LogP) is 2.32. The third kappa shape index (κ3) is 4.16. The van der Waals surface area contributed by atoms with Crippen molar-refractivity contribution in [3.63, 3.8) is 0 Å².